The second kappa shape index (κ2) is 12.5. The Labute approximate surface area is 211 Å². The minimum atomic E-state index is -2.47. The number of allylic oxidation sites excluding steroid dienone is 2. The van der Waals surface area contributed by atoms with Crippen LogP contribution in [0.15, 0.2) is 54.0 Å². The molecule has 0 aliphatic heterocycles. The molecule has 0 spiro atoms. The molecule has 2 unspecified atom stereocenters. The summed E-state index contributed by atoms with van der Waals surface area (Å²) in [7, 11) is -1.07. The van der Waals surface area contributed by atoms with Crippen LogP contribution >= 0.6 is 7.68 Å². The van der Waals surface area contributed by atoms with Crippen molar-refractivity contribution in [3.8, 4) is 11.5 Å². The van der Waals surface area contributed by atoms with E-state index in [4.69, 9.17) is 9.47 Å². The number of rotatable bonds is 9. The van der Waals surface area contributed by atoms with Crippen molar-refractivity contribution in [1.29, 1.82) is 0 Å². The van der Waals surface area contributed by atoms with E-state index in [9.17, 15) is 29.2 Å². The third kappa shape index (κ3) is 7.86. The minimum absolute atomic E-state index is 0. The number of ketones is 1. The molecule has 0 aromatic heterocycles. The van der Waals surface area contributed by atoms with Crippen molar-refractivity contribution in [3.05, 3.63) is 59.6 Å². The van der Waals surface area contributed by atoms with E-state index in [1.165, 1.54) is 49.6 Å². The quantitative estimate of drug-likeness (QED) is 0.173. The number of aliphatic hydroxyl groups is 2. The summed E-state index contributed by atoms with van der Waals surface area (Å²) in [5.74, 6) is -1.16. The standard InChI is InChI=1S/C19H21O8P.K.H/c1-26-19-6-3-12(9-18(19)23)15(20)5-4-14-16(21)10-13(11-17(14)22)27-7-2-8-28(24)25;;/h3-6,9-11,14,16,21-23H,2,7-8H2,1H3;;. The Balaban J connectivity index is 0.00000420. The Hall–Kier alpha value is -1.19. The van der Waals surface area contributed by atoms with Crippen LogP contribution in [0.5, 0.6) is 11.5 Å². The van der Waals surface area contributed by atoms with Gasteiger partial charge in [0.15, 0.2) is 17.3 Å². The van der Waals surface area contributed by atoms with Crippen LogP contribution in [-0.4, -0.2) is 98.5 Å². The number of hydrogen-bond donors (Lipinski definition) is 3. The van der Waals surface area contributed by atoms with Crippen molar-refractivity contribution in [2.75, 3.05) is 19.9 Å². The van der Waals surface area contributed by atoms with Crippen molar-refractivity contribution in [3.63, 3.8) is 0 Å². The predicted molar refractivity (Wildman–Crippen MR) is 107 cm³/mol. The number of methoxy groups -OCH3 is 1. The van der Waals surface area contributed by atoms with Gasteiger partial charge in [-0.3, -0.25) is 4.79 Å². The SMILES string of the molecule is COc1ccc(C(=O)C=CC2C(O)=CC(OCCCP(=O)=O)=CC2O)cc1O.[KH]. The Morgan fingerprint density at radius 3 is 2.59 bits per heavy atom. The Morgan fingerprint density at radius 2 is 2.00 bits per heavy atom. The van der Waals surface area contributed by atoms with E-state index < -0.39 is 25.5 Å². The molecule has 0 amide bonds. The number of aromatic hydroxyl groups is 1. The molecule has 0 saturated heterocycles. The van der Waals surface area contributed by atoms with Crippen molar-refractivity contribution < 1.29 is 38.7 Å². The van der Waals surface area contributed by atoms with Gasteiger partial charge in [0.05, 0.1) is 31.9 Å². The molecular formula is C19H22KO8P. The number of carbonyl (C=O) groups excluding carboxylic acids is 1. The molecule has 1 aliphatic rings. The summed E-state index contributed by atoms with van der Waals surface area (Å²) in [6.07, 6.45) is 4.41. The van der Waals surface area contributed by atoms with Crippen LogP contribution in [0.2, 0.25) is 0 Å². The van der Waals surface area contributed by atoms with E-state index in [0.717, 1.165) is 0 Å². The summed E-state index contributed by atoms with van der Waals surface area (Å²) in [4.78, 5) is 12.2. The number of ether oxygens (including phenoxy) is 2. The van der Waals surface area contributed by atoms with Gasteiger partial charge in [-0.15, -0.1) is 0 Å². The van der Waals surface area contributed by atoms with Crippen LogP contribution in [0.1, 0.15) is 16.8 Å². The zero-order valence-corrected chi connectivity index (χ0v) is 16.0. The van der Waals surface area contributed by atoms with Gasteiger partial charge in [-0.05, 0) is 36.8 Å². The molecule has 0 fully saturated rings. The molecule has 0 saturated carbocycles. The number of aliphatic hydroxyl groups excluding tert-OH is 2. The van der Waals surface area contributed by atoms with Gasteiger partial charge in [0, 0.05) is 11.6 Å². The third-order valence-corrected chi connectivity index (χ3v) is 4.69. The number of carbonyl (C=O) groups is 1. The van der Waals surface area contributed by atoms with Gasteiger partial charge in [0.2, 0.25) is 0 Å². The molecule has 10 heteroatoms. The molecule has 29 heavy (non-hydrogen) atoms. The maximum atomic E-state index is 12.2. The van der Waals surface area contributed by atoms with Crippen LogP contribution < -0.4 is 4.74 Å². The molecule has 0 radical (unpaired) electrons. The van der Waals surface area contributed by atoms with Gasteiger partial charge in [-0.25, -0.2) is 9.13 Å². The molecule has 2 atom stereocenters. The fourth-order valence-corrected chi connectivity index (χ4v) is 2.94. The monoisotopic (exact) mass is 448 g/mol. The van der Waals surface area contributed by atoms with Crippen molar-refractivity contribution in [2.45, 2.75) is 12.5 Å². The summed E-state index contributed by atoms with van der Waals surface area (Å²) in [5, 5.41) is 30.0. The van der Waals surface area contributed by atoms with Crippen LogP contribution in [0.4, 0.5) is 0 Å². The van der Waals surface area contributed by atoms with E-state index in [1.54, 1.807) is 0 Å². The zero-order chi connectivity index (χ0) is 20.7. The number of benzene rings is 1. The summed E-state index contributed by atoms with van der Waals surface area (Å²) in [6.45, 7) is 0.131. The van der Waals surface area contributed by atoms with Crippen molar-refractivity contribution in [1.82, 2.24) is 0 Å². The van der Waals surface area contributed by atoms with Gasteiger partial charge in [0.1, 0.15) is 11.5 Å². The van der Waals surface area contributed by atoms with Crippen LogP contribution in [0.3, 0.4) is 0 Å². The van der Waals surface area contributed by atoms with Gasteiger partial charge in [-0.2, -0.15) is 0 Å². The van der Waals surface area contributed by atoms with Gasteiger partial charge in [0.25, 0.3) is 0 Å². The average Bonchev–Trinajstić information content (AvgIpc) is 2.64. The molecule has 3 N–H and O–H groups in total. The summed E-state index contributed by atoms with van der Waals surface area (Å²) >= 11 is 0. The molecule has 0 heterocycles. The number of hydrogen-bond acceptors (Lipinski definition) is 8. The fraction of sp³-hybridized carbons (Fsp3) is 0.316. The van der Waals surface area contributed by atoms with E-state index in [1.807, 2.05) is 0 Å². The fourth-order valence-electron chi connectivity index (χ4n) is 2.55. The van der Waals surface area contributed by atoms with E-state index in [0.29, 0.717) is 6.42 Å². The summed E-state index contributed by atoms with van der Waals surface area (Å²) in [6, 6.07) is 4.21. The first-order valence-corrected chi connectivity index (χ1v) is 9.82. The summed E-state index contributed by atoms with van der Waals surface area (Å²) in [5.41, 5.74) is 0.222. The molecule has 1 aromatic carbocycles. The normalized spacial score (nSPS) is 18.4. The molecular weight excluding hydrogens is 426 g/mol. The topological polar surface area (TPSA) is 130 Å². The van der Waals surface area contributed by atoms with Crippen LogP contribution in [-0.2, 0) is 13.9 Å². The van der Waals surface area contributed by atoms with E-state index in [-0.39, 0.29) is 92.7 Å². The van der Waals surface area contributed by atoms with Crippen molar-refractivity contribution in [2.24, 2.45) is 5.92 Å². The predicted octanol–water partition coefficient (Wildman–Crippen LogP) is 2.39. The van der Waals surface area contributed by atoms with E-state index >= 15 is 0 Å². The zero-order valence-electron chi connectivity index (χ0n) is 15.1. The van der Waals surface area contributed by atoms with Gasteiger partial charge < -0.3 is 24.8 Å². The average molecular weight is 448 g/mol. The molecule has 2 rings (SSSR count). The first kappa shape index (κ1) is 25.8. The maximum absolute atomic E-state index is 12.2. The van der Waals surface area contributed by atoms with E-state index in [2.05, 4.69) is 0 Å². The molecule has 1 aliphatic carbocycles. The molecule has 1 aromatic rings. The first-order valence-electron chi connectivity index (χ1n) is 8.46. The van der Waals surface area contributed by atoms with Gasteiger partial charge in [-0.1, -0.05) is 6.08 Å². The Bertz CT molecular complexity index is 880. The van der Waals surface area contributed by atoms with Crippen LogP contribution in [0, 0.1) is 5.92 Å². The third-order valence-electron chi connectivity index (χ3n) is 4.01. The second-order valence-corrected chi connectivity index (χ2v) is 7.14. The molecule has 152 valence electrons. The number of phenols is 1. The first-order chi connectivity index (χ1) is 13.3. The van der Waals surface area contributed by atoms with Crippen molar-refractivity contribution >= 4 is 64.8 Å². The molecule has 0 bridgehead atoms. The summed E-state index contributed by atoms with van der Waals surface area (Å²) < 4.78 is 31.2. The Kier molecular flexibility index (Phi) is 11.1. The van der Waals surface area contributed by atoms with Crippen LogP contribution in [0.25, 0.3) is 0 Å². The second-order valence-electron chi connectivity index (χ2n) is 6.02. The molecule has 8 nitrogen and oxygen atoms in total. The van der Waals surface area contributed by atoms with Gasteiger partial charge >= 0.3 is 59.1 Å². The Morgan fingerprint density at radius 1 is 1.28 bits per heavy atom. The number of phenolic OH excluding ortho intramolecular Hbond substituents is 1.